The summed E-state index contributed by atoms with van der Waals surface area (Å²) in [6, 6.07) is 8.91. The van der Waals surface area contributed by atoms with Crippen molar-refractivity contribution in [2.75, 3.05) is 49.8 Å². The molecule has 2 aliphatic rings. The van der Waals surface area contributed by atoms with Gasteiger partial charge in [0, 0.05) is 43.7 Å². The fraction of sp³-hybridized carbons (Fsp3) is 0.476. The fourth-order valence-electron chi connectivity index (χ4n) is 3.99. The van der Waals surface area contributed by atoms with Crippen LogP contribution in [0, 0.1) is 0 Å². The van der Waals surface area contributed by atoms with Crippen LogP contribution in [0.1, 0.15) is 25.0 Å². The van der Waals surface area contributed by atoms with E-state index in [1.54, 1.807) is 19.2 Å². The van der Waals surface area contributed by atoms with Crippen molar-refractivity contribution in [2.45, 2.75) is 24.0 Å². The van der Waals surface area contributed by atoms with Crippen LogP contribution in [0.4, 0.5) is 16.3 Å². The molecule has 9 nitrogen and oxygen atoms in total. The van der Waals surface area contributed by atoms with Gasteiger partial charge in [-0.05, 0) is 43.5 Å². The molecule has 0 atom stereocenters. The van der Waals surface area contributed by atoms with E-state index in [-0.39, 0.29) is 6.03 Å². The Bertz CT molecular complexity index is 938. The van der Waals surface area contributed by atoms with Crippen molar-refractivity contribution < 1.29 is 18.6 Å². The molecule has 2 aromatic rings. The minimum absolute atomic E-state index is 0.291. The maximum Gasteiger partial charge on any atom is 0.318 e. The number of anilines is 2. The van der Waals surface area contributed by atoms with Crippen LogP contribution < -0.4 is 15.5 Å². The number of nitrogens with zero attached hydrogens (tertiary/aromatic N) is 3. The van der Waals surface area contributed by atoms with Gasteiger partial charge >= 0.3 is 6.03 Å². The third kappa shape index (κ3) is 4.33. The van der Waals surface area contributed by atoms with E-state index in [1.807, 2.05) is 18.2 Å². The van der Waals surface area contributed by atoms with E-state index in [1.165, 1.54) is 6.26 Å². The SMILES string of the molecule is CNC(=O)Nc1ccc(-c2nc(N3CCOCC3)cc(C3(S(C)(O)O)CCC3)n2)cc1. The first-order valence-corrected chi connectivity index (χ1v) is 12.3. The average molecular weight is 448 g/mol. The average Bonchev–Trinajstić information content (AvgIpc) is 2.73. The Hall–Kier alpha value is -2.40. The molecule has 10 heteroatoms. The molecule has 2 fully saturated rings. The number of hydrogen-bond donors (Lipinski definition) is 4. The molecule has 2 heterocycles. The van der Waals surface area contributed by atoms with Gasteiger partial charge in [-0.25, -0.2) is 14.8 Å². The third-order valence-electron chi connectivity index (χ3n) is 6.04. The van der Waals surface area contributed by atoms with E-state index in [2.05, 4.69) is 15.5 Å². The Kier molecular flexibility index (Phi) is 6.07. The highest BCUT2D eigenvalue weighted by atomic mass is 32.3. The zero-order valence-corrected chi connectivity index (χ0v) is 18.6. The molecule has 0 unspecified atom stereocenters. The Morgan fingerprint density at radius 3 is 2.39 bits per heavy atom. The van der Waals surface area contributed by atoms with E-state index < -0.39 is 15.3 Å². The summed E-state index contributed by atoms with van der Waals surface area (Å²) in [5.74, 6) is 1.30. The molecular formula is C21H29N5O4S. The van der Waals surface area contributed by atoms with Crippen LogP contribution in [0.2, 0.25) is 0 Å². The number of aromatic nitrogens is 2. The minimum atomic E-state index is -2.84. The molecule has 1 aromatic carbocycles. The number of amides is 2. The summed E-state index contributed by atoms with van der Waals surface area (Å²) in [7, 11) is -1.28. The number of ether oxygens (including phenoxy) is 1. The largest absolute Gasteiger partial charge is 0.378 e. The summed E-state index contributed by atoms with van der Waals surface area (Å²) < 4.78 is 26.0. The Labute approximate surface area is 183 Å². The molecule has 4 N–H and O–H groups in total. The summed E-state index contributed by atoms with van der Waals surface area (Å²) in [6.45, 7) is 2.70. The molecule has 1 aliphatic carbocycles. The van der Waals surface area contributed by atoms with Gasteiger partial charge in [-0.2, -0.15) is 10.6 Å². The van der Waals surface area contributed by atoms with Crippen molar-refractivity contribution in [3.8, 4) is 11.4 Å². The zero-order valence-electron chi connectivity index (χ0n) is 17.8. The summed E-state index contributed by atoms with van der Waals surface area (Å²) >= 11 is 0. The molecule has 1 saturated carbocycles. The highest BCUT2D eigenvalue weighted by Gasteiger charge is 2.49. The monoisotopic (exact) mass is 447 g/mol. The van der Waals surface area contributed by atoms with Crippen LogP contribution >= 0.6 is 10.6 Å². The molecule has 1 aromatic heterocycles. The lowest BCUT2D eigenvalue weighted by Gasteiger charge is -2.53. The number of carbonyl (C=O) groups excluding carboxylic acids is 1. The van der Waals surface area contributed by atoms with Gasteiger partial charge in [-0.1, -0.05) is 0 Å². The van der Waals surface area contributed by atoms with E-state index in [4.69, 9.17) is 14.7 Å². The van der Waals surface area contributed by atoms with Crippen molar-refractivity contribution in [3.63, 3.8) is 0 Å². The van der Waals surface area contributed by atoms with E-state index in [9.17, 15) is 13.9 Å². The number of hydrogen-bond acceptors (Lipinski definition) is 7. The van der Waals surface area contributed by atoms with Crippen LogP contribution in [0.5, 0.6) is 0 Å². The number of morpholine rings is 1. The van der Waals surface area contributed by atoms with Gasteiger partial charge in [-0.15, -0.1) is 0 Å². The maximum absolute atomic E-state index is 11.5. The predicted molar refractivity (Wildman–Crippen MR) is 123 cm³/mol. The van der Waals surface area contributed by atoms with Gasteiger partial charge in [0.2, 0.25) is 0 Å². The molecule has 31 heavy (non-hydrogen) atoms. The Balaban J connectivity index is 1.74. The number of nitrogens with one attached hydrogen (secondary N) is 2. The van der Waals surface area contributed by atoms with Gasteiger partial charge in [0.05, 0.1) is 18.9 Å². The predicted octanol–water partition coefficient (Wildman–Crippen LogP) is 3.49. The molecule has 0 bridgehead atoms. The van der Waals surface area contributed by atoms with E-state index >= 15 is 0 Å². The van der Waals surface area contributed by atoms with Gasteiger partial charge in [0.1, 0.15) is 10.6 Å². The number of rotatable bonds is 5. The summed E-state index contributed by atoms with van der Waals surface area (Å²) in [6.07, 6.45) is 3.84. The minimum Gasteiger partial charge on any atom is -0.378 e. The van der Waals surface area contributed by atoms with Crippen molar-refractivity contribution >= 4 is 28.1 Å². The van der Waals surface area contributed by atoms with Gasteiger partial charge in [0.25, 0.3) is 0 Å². The summed E-state index contributed by atoms with van der Waals surface area (Å²) in [5, 5.41) is 5.25. The lowest BCUT2D eigenvalue weighted by atomic mass is 9.81. The van der Waals surface area contributed by atoms with Crippen LogP contribution in [0.25, 0.3) is 11.4 Å². The first-order chi connectivity index (χ1) is 14.8. The molecule has 4 rings (SSSR count). The summed E-state index contributed by atoms with van der Waals surface area (Å²) in [5.41, 5.74) is 2.13. The van der Waals surface area contributed by atoms with Crippen molar-refractivity contribution in [3.05, 3.63) is 36.0 Å². The fourth-order valence-corrected chi connectivity index (χ4v) is 5.55. The van der Waals surface area contributed by atoms with Crippen molar-refractivity contribution in [1.29, 1.82) is 0 Å². The van der Waals surface area contributed by atoms with Gasteiger partial charge < -0.3 is 20.3 Å². The molecular weight excluding hydrogens is 418 g/mol. The second kappa shape index (κ2) is 8.62. The second-order valence-electron chi connectivity index (χ2n) is 8.00. The molecule has 0 spiro atoms. The lowest BCUT2D eigenvalue weighted by Crippen LogP contribution is -2.41. The molecule has 1 saturated heterocycles. The normalized spacial score (nSPS) is 18.8. The summed E-state index contributed by atoms with van der Waals surface area (Å²) in [4.78, 5) is 23.3. The highest BCUT2D eigenvalue weighted by Crippen LogP contribution is 2.65. The number of benzene rings is 1. The van der Waals surface area contributed by atoms with Crippen LogP contribution in [0.3, 0.4) is 0 Å². The quantitative estimate of drug-likeness (QED) is 0.554. The van der Waals surface area contributed by atoms with Gasteiger partial charge in [-0.3, -0.25) is 9.11 Å². The standard InChI is InChI=1S/C21H29N5O4S/c1-22-20(27)23-16-6-4-15(5-7-16)19-24-17(21(8-3-9-21)31(2,28)29)14-18(25-19)26-10-12-30-13-11-26/h4-7,14,28-29H,3,8-13H2,1-2H3,(H2,22,23,27). The topological polar surface area (TPSA) is 120 Å². The first kappa shape index (κ1) is 21.8. The Morgan fingerprint density at radius 2 is 1.84 bits per heavy atom. The van der Waals surface area contributed by atoms with E-state index in [0.717, 1.165) is 30.9 Å². The van der Waals surface area contributed by atoms with Crippen LogP contribution in [0.15, 0.2) is 30.3 Å². The van der Waals surface area contributed by atoms with E-state index in [0.29, 0.717) is 43.3 Å². The first-order valence-electron chi connectivity index (χ1n) is 10.4. The lowest BCUT2D eigenvalue weighted by molar-refractivity contribution is 0.122. The van der Waals surface area contributed by atoms with Crippen LogP contribution in [-0.2, 0) is 9.48 Å². The van der Waals surface area contributed by atoms with Gasteiger partial charge in [0.15, 0.2) is 5.82 Å². The molecule has 1 aliphatic heterocycles. The zero-order chi connectivity index (χ0) is 22.1. The number of urea groups is 1. The molecule has 168 valence electrons. The molecule has 2 amide bonds. The maximum atomic E-state index is 11.5. The second-order valence-corrected chi connectivity index (χ2v) is 10.4. The highest BCUT2D eigenvalue weighted by molar-refractivity contribution is 8.24. The molecule has 0 radical (unpaired) electrons. The third-order valence-corrected chi connectivity index (χ3v) is 8.14. The Morgan fingerprint density at radius 1 is 1.16 bits per heavy atom. The van der Waals surface area contributed by atoms with Crippen molar-refractivity contribution in [1.82, 2.24) is 15.3 Å². The number of carbonyl (C=O) groups is 1. The van der Waals surface area contributed by atoms with Crippen molar-refractivity contribution in [2.24, 2.45) is 0 Å². The smallest absolute Gasteiger partial charge is 0.318 e. The van der Waals surface area contributed by atoms with Crippen LogP contribution in [-0.4, -0.2) is 64.7 Å².